The fraction of sp³-hybridized carbons (Fsp3) is 0.909. The second-order valence-corrected chi connectivity index (χ2v) is 4.30. The Labute approximate surface area is 97.1 Å². The first-order valence-corrected chi connectivity index (χ1v) is 5.88. The van der Waals surface area contributed by atoms with Crippen molar-refractivity contribution in [2.24, 2.45) is 5.92 Å². The first kappa shape index (κ1) is 13.3. The van der Waals surface area contributed by atoms with Crippen molar-refractivity contribution in [3.63, 3.8) is 0 Å². The first-order valence-electron chi connectivity index (χ1n) is 5.88. The summed E-state index contributed by atoms with van der Waals surface area (Å²) in [4.78, 5) is 13.4. The van der Waals surface area contributed by atoms with Gasteiger partial charge in [-0.1, -0.05) is 13.8 Å². The molecule has 0 aliphatic carbocycles. The Hall–Kier alpha value is -0.810. The lowest BCUT2D eigenvalue weighted by atomic mass is 10.2. The lowest BCUT2D eigenvalue weighted by Gasteiger charge is -2.26. The lowest BCUT2D eigenvalue weighted by Crippen LogP contribution is -2.46. The normalized spacial score (nSPS) is 16.6. The second kappa shape index (κ2) is 7.46. The Bertz CT molecular complexity index is 203. The lowest BCUT2D eigenvalue weighted by molar-refractivity contribution is 0.0520. The molecule has 0 aromatic heterocycles. The third kappa shape index (κ3) is 5.32. The largest absolute Gasteiger partial charge is 0.379 e. The molecule has 0 aromatic rings. The minimum absolute atomic E-state index is 0.0172. The molecule has 94 valence electrons. The SMILES string of the molecule is CC(C)COCCNC(=O)N1CCOCC1. The molecule has 0 saturated carbocycles. The highest BCUT2D eigenvalue weighted by atomic mass is 16.5. The van der Waals surface area contributed by atoms with Gasteiger partial charge in [0.25, 0.3) is 0 Å². The molecule has 5 heteroatoms. The van der Waals surface area contributed by atoms with E-state index in [0.29, 0.717) is 45.4 Å². The van der Waals surface area contributed by atoms with Crippen molar-refractivity contribution in [2.75, 3.05) is 46.1 Å². The molecular formula is C11H22N2O3. The fourth-order valence-corrected chi connectivity index (χ4v) is 1.43. The summed E-state index contributed by atoms with van der Waals surface area (Å²) >= 11 is 0. The van der Waals surface area contributed by atoms with E-state index in [1.165, 1.54) is 0 Å². The first-order chi connectivity index (χ1) is 7.70. The average Bonchev–Trinajstić information content (AvgIpc) is 2.29. The van der Waals surface area contributed by atoms with Crippen molar-refractivity contribution in [2.45, 2.75) is 13.8 Å². The van der Waals surface area contributed by atoms with E-state index < -0.39 is 0 Å². The molecular weight excluding hydrogens is 208 g/mol. The fourth-order valence-electron chi connectivity index (χ4n) is 1.43. The highest BCUT2D eigenvalue weighted by molar-refractivity contribution is 5.74. The van der Waals surface area contributed by atoms with Crippen LogP contribution in [-0.4, -0.2) is 57.0 Å². The number of urea groups is 1. The predicted octanol–water partition coefficient (Wildman–Crippen LogP) is 0.701. The standard InChI is InChI=1S/C11H22N2O3/c1-10(2)9-16-6-3-12-11(14)13-4-7-15-8-5-13/h10H,3-9H2,1-2H3,(H,12,14). The summed E-state index contributed by atoms with van der Waals surface area (Å²) in [6.07, 6.45) is 0. The molecule has 16 heavy (non-hydrogen) atoms. The molecule has 1 N–H and O–H groups in total. The summed E-state index contributed by atoms with van der Waals surface area (Å²) < 4.78 is 10.5. The van der Waals surface area contributed by atoms with E-state index in [-0.39, 0.29) is 6.03 Å². The Morgan fingerprint density at radius 1 is 1.44 bits per heavy atom. The molecule has 0 aromatic carbocycles. The van der Waals surface area contributed by atoms with Crippen LogP contribution in [0.15, 0.2) is 0 Å². The zero-order chi connectivity index (χ0) is 11.8. The highest BCUT2D eigenvalue weighted by Crippen LogP contribution is 1.96. The minimum atomic E-state index is -0.0172. The third-order valence-electron chi connectivity index (χ3n) is 2.27. The number of hydrogen-bond acceptors (Lipinski definition) is 3. The van der Waals surface area contributed by atoms with E-state index in [9.17, 15) is 4.79 Å². The van der Waals surface area contributed by atoms with Gasteiger partial charge in [-0.3, -0.25) is 0 Å². The van der Waals surface area contributed by atoms with Gasteiger partial charge < -0.3 is 19.7 Å². The molecule has 5 nitrogen and oxygen atoms in total. The van der Waals surface area contributed by atoms with Gasteiger partial charge in [0.1, 0.15) is 0 Å². The molecule has 0 atom stereocenters. The van der Waals surface area contributed by atoms with Gasteiger partial charge in [0.2, 0.25) is 0 Å². The van der Waals surface area contributed by atoms with Gasteiger partial charge in [0.15, 0.2) is 0 Å². The molecule has 0 unspecified atom stereocenters. The van der Waals surface area contributed by atoms with E-state index in [1.807, 2.05) is 0 Å². The summed E-state index contributed by atoms with van der Waals surface area (Å²) in [6, 6.07) is -0.0172. The predicted molar refractivity (Wildman–Crippen MR) is 61.4 cm³/mol. The molecule has 1 heterocycles. The van der Waals surface area contributed by atoms with Gasteiger partial charge in [0.05, 0.1) is 19.8 Å². The molecule has 1 rings (SSSR count). The van der Waals surface area contributed by atoms with Gasteiger partial charge in [-0.2, -0.15) is 0 Å². The number of hydrogen-bond donors (Lipinski definition) is 1. The summed E-state index contributed by atoms with van der Waals surface area (Å²) in [5, 5.41) is 2.83. The Balaban J connectivity index is 2.01. The van der Waals surface area contributed by atoms with Crippen molar-refractivity contribution in [1.82, 2.24) is 10.2 Å². The number of amides is 2. The van der Waals surface area contributed by atoms with Crippen LogP contribution in [0.3, 0.4) is 0 Å². The maximum Gasteiger partial charge on any atom is 0.317 e. The summed E-state index contributed by atoms with van der Waals surface area (Å²) in [5.41, 5.74) is 0. The van der Waals surface area contributed by atoms with Crippen LogP contribution in [0.5, 0.6) is 0 Å². The van der Waals surface area contributed by atoms with Crippen LogP contribution in [0.1, 0.15) is 13.8 Å². The Morgan fingerprint density at radius 2 is 2.12 bits per heavy atom. The number of ether oxygens (including phenoxy) is 2. The molecule has 1 aliphatic rings. The van der Waals surface area contributed by atoms with Crippen LogP contribution in [0, 0.1) is 5.92 Å². The zero-order valence-electron chi connectivity index (χ0n) is 10.2. The monoisotopic (exact) mass is 230 g/mol. The van der Waals surface area contributed by atoms with Gasteiger partial charge in [-0.15, -0.1) is 0 Å². The van der Waals surface area contributed by atoms with Gasteiger partial charge >= 0.3 is 6.03 Å². The molecule has 0 spiro atoms. The summed E-state index contributed by atoms with van der Waals surface area (Å²) in [7, 11) is 0. The van der Waals surface area contributed by atoms with Crippen molar-refractivity contribution in [3.05, 3.63) is 0 Å². The van der Waals surface area contributed by atoms with E-state index >= 15 is 0 Å². The Morgan fingerprint density at radius 3 is 2.75 bits per heavy atom. The van der Waals surface area contributed by atoms with Crippen LogP contribution < -0.4 is 5.32 Å². The number of carbonyl (C=O) groups is 1. The number of carbonyl (C=O) groups excluding carboxylic acids is 1. The summed E-state index contributed by atoms with van der Waals surface area (Å²) in [5.74, 6) is 0.537. The molecule has 1 aliphatic heterocycles. The van der Waals surface area contributed by atoms with E-state index in [2.05, 4.69) is 19.2 Å². The minimum Gasteiger partial charge on any atom is -0.379 e. The quantitative estimate of drug-likeness (QED) is 0.707. The summed E-state index contributed by atoms with van der Waals surface area (Å²) in [6.45, 7) is 8.73. The van der Waals surface area contributed by atoms with Gasteiger partial charge in [-0.05, 0) is 5.92 Å². The number of nitrogens with one attached hydrogen (secondary N) is 1. The molecule has 1 saturated heterocycles. The maximum absolute atomic E-state index is 11.6. The highest BCUT2D eigenvalue weighted by Gasteiger charge is 2.15. The van der Waals surface area contributed by atoms with E-state index in [1.54, 1.807) is 4.90 Å². The Kier molecular flexibility index (Phi) is 6.18. The average molecular weight is 230 g/mol. The number of nitrogens with zero attached hydrogens (tertiary/aromatic N) is 1. The number of rotatable bonds is 5. The van der Waals surface area contributed by atoms with Crippen molar-refractivity contribution < 1.29 is 14.3 Å². The van der Waals surface area contributed by atoms with Crippen LogP contribution in [0.4, 0.5) is 4.79 Å². The van der Waals surface area contributed by atoms with Crippen molar-refractivity contribution >= 4 is 6.03 Å². The van der Waals surface area contributed by atoms with Crippen LogP contribution in [-0.2, 0) is 9.47 Å². The van der Waals surface area contributed by atoms with Crippen LogP contribution in [0.25, 0.3) is 0 Å². The topological polar surface area (TPSA) is 50.8 Å². The number of morpholine rings is 1. The van der Waals surface area contributed by atoms with Crippen molar-refractivity contribution in [3.8, 4) is 0 Å². The smallest absolute Gasteiger partial charge is 0.317 e. The zero-order valence-corrected chi connectivity index (χ0v) is 10.2. The van der Waals surface area contributed by atoms with Gasteiger partial charge in [0, 0.05) is 26.2 Å². The third-order valence-corrected chi connectivity index (χ3v) is 2.27. The molecule has 0 radical (unpaired) electrons. The molecule has 0 bridgehead atoms. The molecule has 1 fully saturated rings. The maximum atomic E-state index is 11.6. The van der Waals surface area contributed by atoms with E-state index in [0.717, 1.165) is 6.61 Å². The molecule has 2 amide bonds. The van der Waals surface area contributed by atoms with Crippen LogP contribution in [0.2, 0.25) is 0 Å². The van der Waals surface area contributed by atoms with E-state index in [4.69, 9.17) is 9.47 Å². The second-order valence-electron chi connectivity index (χ2n) is 4.30. The van der Waals surface area contributed by atoms with Crippen molar-refractivity contribution in [1.29, 1.82) is 0 Å². The van der Waals surface area contributed by atoms with Gasteiger partial charge in [-0.25, -0.2) is 4.79 Å². The van der Waals surface area contributed by atoms with Crippen LogP contribution >= 0.6 is 0 Å².